The molecule has 0 unspecified atom stereocenters. The predicted octanol–water partition coefficient (Wildman–Crippen LogP) is 5.98. The molecule has 470 valence electrons. The van der Waals surface area contributed by atoms with E-state index in [1.165, 1.54) is 23.6 Å². The number of aromatic nitrogens is 1. The Hall–Kier alpha value is -8.13. The highest BCUT2D eigenvalue weighted by Gasteiger charge is 2.41. The van der Waals surface area contributed by atoms with Crippen molar-refractivity contribution in [1.29, 1.82) is 0 Å². The van der Waals surface area contributed by atoms with Crippen LogP contribution in [0.25, 0.3) is 10.9 Å². The number of carbonyl (C=O) groups is 8. The lowest BCUT2D eigenvalue weighted by Gasteiger charge is -2.31. The van der Waals surface area contributed by atoms with Crippen LogP contribution in [0.5, 0.6) is 5.75 Å². The zero-order valence-electron chi connectivity index (χ0n) is 48.9. The van der Waals surface area contributed by atoms with E-state index in [1.807, 2.05) is 0 Å². The summed E-state index contributed by atoms with van der Waals surface area (Å²) < 4.78 is 87.7. The number of benzene rings is 4. The third-order valence-electron chi connectivity index (χ3n) is 14.7. The fraction of sp³-hybridized carbons (Fsp3) is 0.443. The molecule has 87 heavy (non-hydrogen) atoms. The average molecular weight is 1240 g/mol. The van der Waals surface area contributed by atoms with E-state index in [0.29, 0.717) is 46.3 Å². The fourth-order valence-corrected chi connectivity index (χ4v) is 10.7. The van der Waals surface area contributed by atoms with Crippen LogP contribution in [-0.2, 0) is 81.3 Å². The second-order valence-corrected chi connectivity index (χ2v) is 23.0. The van der Waals surface area contributed by atoms with Crippen LogP contribution in [0.1, 0.15) is 91.0 Å². The molecular weight excluding hydrogens is 1160 g/mol. The van der Waals surface area contributed by atoms with Crippen molar-refractivity contribution in [1.82, 2.24) is 41.8 Å². The summed E-state index contributed by atoms with van der Waals surface area (Å²) in [5.41, 5.74) is 6.32. The van der Waals surface area contributed by atoms with E-state index < -0.39 is 132 Å². The number of aromatic amines is 1. The fourth-order valence-electron chi connectivity index (χ4n) is 10.2. The van der Waals surface area contributed by atoms with Gasteiger partial charge in [0.15, 0.2) is 0 Å². The number of alkyl halides is 6. The second kappa shape index (κ2) is 30.5. The standard InChI is InChI=1S/C61H73F6N9O10S/c1-33(2)21-48(55(81)75-50(27-39-30-69-46-16-11-10-15-43(39)46)59(85)86-32-38-24-40(60(62,63)64)28-41(25-38)61(65,66)67)74-57(83)51-17-12-19-76(51)58(84)47(18-20-87-6)73-56(82)49(26-37-13-8-7-9-14-37)72-52(78)31-70-53(79)36(5)71-54(80)45(68)29-44-34(3)22-42(77)23-35(44)4/h7-11,13-16,22-25,28,30,33,36,45,47-51,69,77H,12,17-21,26-27,29,31-32,68H2,1-6H3,(H,70,79)(H,71,80)(H,72,78)(H,73,82)(H,74,83)(H,75,81)/t36-,45+,47+,48+,49+,50+,51+/m1/s1. The van der Waals surface area contributed by atoms with Gasteiger partial charge >= 0.3 is 18.3 Å². The molecule has 10 N–H and O–H groups in total. The summed E-state index contributed by atoms with van der Waals surface area (Å²) in [5, 5.41) is 26.3. The smallest absolute Gasteiger partial charge is 0.416 e. The number of hydrogen-bond donors (Lipinski definition) is 9. The summed E-state index contributed by atoms with van der Waals surface area (Å²) in [6, 6.07) is 10.6. The summed E-state index contributed by atoms with van der Waals surface area (Å²) in [4.78, 5) is 116. The molecule has 1 aliphatic rings. The van der Waals surface area contributed by atoms with Gasteiger partial charge in [0.25, 0.3) is 0 Å². The van der Waals surface area contributed by atoms with Crippen molar-refractivity contribution in [3.63, 3.8) is 0 Å². The van der Waals surface area contributed by atoms with Crippen molar-refractivity contribution in [2.24, 2.45) is 11.7 Å². The number of hydrogen-bond acceptors (Lipinski definition) is 12. The van der Waals surface area contributed by atoms with E-state index in [-0.39, 0.29) is 62.8 Å². The van der Waals surface area contributed by atoms with Gasteiger partial charge in [-0.05, 0) is 141 Å². The number of para-hydroxylation sites is 1. The van der Waals surface area contributed by atoms with Gasteiger partial charge in [-0.1, -0.05) is 62.4 Å². The van der Waals surface area contributed by atoms with Gasteiger partial charge in [0.05, 0.1) is 23.7 Å². The molecule has 0 bridgehead atoms. The van der Waals surface area contributed by atoms with Crippen molar-refractivity contribution in [3.05, 3.63) is 136 Å². The van der Waals surface area contributed by atoms with Crippen molar-refractivity contribution in [2.75, 3.05) is 25.1 Å². The number of thioether (sulfide) groups is 1. The van der Waals surface area contributed by atoms with Gasteiger partial charge in [-0.15, -0.1) is 0 Å². The zero-order valence-corrected chi connectivity index (χ0v) is 49.7. The van der Waals surface area contributed by atoms with Crippen molar-refractivity contribution >= 4 is 70.0 Å². The number of aryl methyl sites for hydroxylation is 2. The number of nitrogens with one attached hydrogen (secondary N) is 7. The Labute approximate surface area is 503 Å². The number of carbonyl (C=O) groups excluding carboxylic acids is 8. The monoisotopic (exact) mass is 1240 g/mol. The molecule has 6 rings (SSSR count). The first-order valence-electron chi connectivity index (χ1n) is 28.2. The van der Waals surface area contributed by atoms with Crippen LogP contribution >= 0.6 is 11.8 Å². The number of halogens is 6. The van der Waals surface area contributed by atoms with Gasteiger partial charge in [-0.3, -0.25) is 33.6 Å². The molecule has 26 heteroatoms. The first-order valence-corrected chi connectivity index (χ1v) is 29.6. The van der Waals surface area contributed by atoms with Gasteiger partial charge < -0.3 is 57.4 Å². The number of esters is 1. The number of nitrogens with zero attached hydrogens (tertiary/aromatic N) is 1. The average Bonchev–Trinajstić information content (AvgIpc) is 2.61. The van der Waals surface area contributed by atoms with Crippen LogP contribution in [-0.4, -0.2) is 130 Å². The number of aromatic hydroxyl groups is 1. The summed E-state index contributed by atoms with van der Waals surface area (Å²) in [6.07, 6.45) is -6.63. The van der Waals surface area contributed by atoms with Crippen molar-refractivity contribution in [2.45, 2.75) is 141 Å². The third-order valence-corrected chi connectivity index (χ3v) is 15.3. The molecule has 1 saturated heterocycles. The minimum absolute atomic E-state index is 0.00497. The number of H-pyrrole nitrogens is 1. The molecule has 0 spiro atoms. The zero-order chi connectivity index (χ0) is 63.9. The molecule has 2 heterocycles. The molecular formula is C61H73F6N9O10S. The maximum Gasteiger partial charge on any atom is 0.416 e. The minimum atomic E-state index is -5.17. The molecule has 1 aromatic heterocycles. The lowest BCUT2D eigenvalue weighted by Crippen LogP contribution is -2.59. The van der Waals surface area contributed by atoms with Crippen LogP contribution in [0.3, 0.4) is 0 Å². The van der Waals surface area contributed by atoms with E-state index in [9.17, 15) is 69.8 Å². The molecule has 1 aliphatic heterocycles. The molecule has 0 saturated carbocycles. The number of ether oxygens (including phenoxy) is 1. The van der Waals surface area contributed by atoms with E-state index in [2.05, 4.69) is 36.9 Å². The predicted molar refractivity (Wildman–Crippen MR) is 313 cm³/mol. The number of fused-ring (bicyclic) bond motifs is 1. The topological polar surface area (TPSA) is 283 Å². The largest absolute Gasteiger partial charge is 0.508 e. The Morgan fingerprint density at radius 3 is 1.98 bits per heavy atom. The number of rotatable bonds is 27. The molecule has 1 fully saturated rings. The van der Waals surface area contributed by atoms with Gasteiger partial charge in [0.1, 0.15) is 48.6 Å². The van der Waals surface area contributed by atoms with Crippen LogP contribution in [0.4, 0.5) is 26.3 Å². The lowest BCUT2D eigenvalue weighted by molar-refractivity contribution is -0.149. The van der Waals surface area contributed by atoms with E-state index >= 15 is 0 Å². The summed E-state index contributed by atoms with van der Waals surface area (Å²) in [5.74, 6) is -6.22. The Morgan fingerprint density at radius 1 is 0.724 bits per heavy atom. The van der Waals surface area contributed by atoms with Crippen LogP contribution in [0.2, 0.25) is 0 Å². The number of phenolic OH excluding ortho intramolecular Hbond substituents is 1. The molecule has 7 amide bonds. The van der Waals surface area contributed by atoms with Crippen LogP contribution in [0.15, 0.2) is 91.1 Å². The maximum absolute atomic E-state index is 14.7. The first kappa shape index (κ1) is 68.0. The van der Waals surface area contributed by atoms with Gasteiger partial charge in [0, 0.05) is 36.5 Å². The first-order chi connectivity index (χ1) is 41.0. The third kappa shape index (κ3) is 19.4. The highest BCUT2D eigenvalue weighted by Crippen LogP contribution is 2.37. The SMILES string of the molecule is CSCC[C@H](NC(=O)[C@H](Cc1ccccc1)NC(=O)CNC(=O)[C@@H](C)NC(=O)[C@@H](N)Cc1c(C)cc(O)cc1C)C(=O)N1CCC[C@H]1C(=O)N[C@@H](CC(C)C)C(=O)N[C@@H](Cc1c[nH]c2ccccc12)C(=O)OCc1cc(C(F)(F)F)cc(C(F)(F)F)c1. The lowest BCUT2D eigenvalue weighted by atomic mass is 9.96. The summed E-state index contributed by atoms with van der Waals surface area (Å²) in [6.45, 7) is 6.88. The number of nitrogens with two attached hydrogens (primary N) is 1. The Bertz CT molecular complexity index is 3220. The quantitative estimate of drug-likeness (QED) is 0.0217. The van der Waals surface area contributed by atoms with Crippen molar-refractivity contribution < 1.29 is 74.5 Å². The van der Waals surface area contributed by atoms with Crippen molar-refractivity contribution in [3.8, 4) is 5.75 Å². The Balaban J connectivity index is 1.14. The van der Waals surface area contributed by atoms with E-state index in [1.54, 1.807) is 107 Å². The molecule has 7 atom stereocenters. The van der Waals surface area contributed by atoms with E-state index in [0.717, 1.165) is 16.7 Å². The summed E-state index contributed by atoms with van der Waals surface area (Å²) >= 11 is 1.38. The molecule has 4 aromatic carbocycles. The van der Waals surface area contributed by atoms with Crippen LogP contribution < -0.4 is 37.6 Å². The van der Waals surface area contributed by atoms with Crippen LogP contribution in [0, 0.1) is 19.8 Å². The highest BCUT2D eigenvalue weighted by molar-refractivity contribution is 7.98. The molecule has 5 aromatic rings. The normalized spacial score (nSPS) is 15.6. The molecule has 0 aliphatic carbocycles. The van der Waals surface area contributed by atoms with Gasteiger partial charge in [0.2, 0.25) is 41.4 Å². The Kier molecular flexibility index (Phi) is 23.8. The number of amides is 7. The van der Waals surface area contributed by atoms with E-state index in [4.69, 9.17) is 10.5 Å². The highest BCUT2D eigenvalue weighted by atomic mass is 32.2. The Morgan fingerprint density at radius 2 is 1.34 bits per heavy atom. The molecule has 19 nitrogen and oxygen atoms in total. The number of likely N-dealkylation sites (tertiary alicyclic amines) is 1. The summed E-state index contributed by atoms with van der Waals surface area (Å²) in [7, 11) is 0. The van der Waals surface area contributed by atoms with Gasteiger partial charge in [-0.2, -0.15) is 38.1 Å². The molecule has 0 radical (unpaired) electrons. The minimum Gasteiger partial charge on any atom is -0.508 e. The second-order valence-electron chi connectivity index (χ2n) is 22.0. The number of phenols is 1. The maximum atomic E-state index is 14.7. The van der Waals surface area contributed by atoms with Gasteiger partial charge in [-0.25, -0.2) is 4.79 Å².